The van der Waals surface area contributed by atoms with Gasteiger partial charge in [0.25, 0.3) is 5.69 Å². The van der Waals surface area contributed by atoms with Crippen LogP contribution < -0.4 is 11.1 Å². The van der Waals surface area contributed by atoms with E-state index in [2.05, 4.69) is 5.32 Å². The Balaban J connectivity index is 0.000000770. The number of ketones is 3. The summed E-state index contributed by atoms with van der Waals surface area (Å²) in [6, 6.07) is 3.12. The van der Waals surface area contributed by atoms with Gasteiger partial charge in [-0.3, -0.25) is 39.2 Å². The molecule has 0 heterocycles. The first-order chi connectivity index (χ1) is 16.8. The second-order valence-electron chi connectivity index (χ2n) is 8.18. The van der Waals surface area contributed by atoms with Crippen LogP contribution in [0, 0.1) is 16.0 Å². The second-order valence-corrected chi connectivity index (χ2v) is 11.8. The van der Waals surface area contributed by atoms with Gasteiger partial charge in [0.15, 0.2) is 27.2 Å². The van der Waals surface area contributed by atoms with E-state index in [-0.39, 0.29) is 17.7 Å². The van der Waals surface area contributed by atoms with Crippen molar-refractivity contribution in [3.05, 3.63) is 33.9 Å². The number of nitrogens with two attached hydrogens (primary N) is 1. The number of nitrogens with zero attached hydrogens (tertiary/aromatic N) is 1. The Kier molecular flexibility index (Phi) is 13.6. The summed E-state index contributed by atoms with van der Waals surface area (Å²) in [6.45, 7) is 3.45. The molecule has 1 aliphatic carbocycles. The Morgan fingerprint density at radius 1 is 1.22 bits per heavy atom. The van der Waals surface area contributed by atoms with Crippen molar-refractivity contribution in [2.45, 2.75) is 44.0 Å². The Morgan fingerprint density at radius 3 is 2.08 bits per heavy atom. The van der Waals surface area contributed by atoms with Crippen molar-refractivity contribution in [2.75, 3.05) is 19.1 Å². The van der Waals surface area contributed by atoms with E-state index in [1.807, 2.05) is 13.8 Å². The van der Waals surface area contributed by atoms with Crippen LogP contribution in [0.5, 0.6) is 0 Å². The Bertz CT molecular complexity index is 1160. The number of sulfone groups is 1. The number of rotatable bonds is 8. The summed E-state index contributed by atoms with van der Waals surface area (Å²) in [4.78, 5) is 72.1. The van der Waals surface area contributed by atoms with Crippen molar-refractivity contribution in [1.29, 1.82) is 0 Å². The van der Waals surface area contributed by atoms with Crippen molar-refractivity contribution >= 4 is 46.4 Å². The molecule has 0 spiro atoms. The number of nitro groups is 1. The number of aliphatic carboxylic acids is 1. The van der Waals surface area contributed by atoms with E-state index < -0.39 is 75.7 Å². The van der Waals surface area contributed by atoms with Gasteiger partial charge < -0.3 is 20.6 Å². The molecule has 1 saturated carbocycles. The minimum absolute atomic E-state index is 0.0668. The normalized spacial score (nSPS) is 14.2. The first-order valence-electron chi connectivity index (χ1n) is 10.6. The second kappa shape index (κ2) is 14.8. The molecule has 1 aromatic rings. The van der Waals surface area contributed by atoms with Gasteiger partial charge in [0.1, 0.15) is 5.92 Å². The van der Waals surface area contributed by atoms with Crippen molar-refractivity contribution < 1.29 is 52.0 Å². The summed E-state index contributed by atoms with van der Waals surface area (Å²) in [5.74, 6) is -4.76. The number of nitro benzene ring substituents is 1. The van der Waals surface area contributed by atoms with Gasteiger partial charge in [-0.05, 0) is 24.6 Å². The van der Waals surface area contributed by atoms with Crippen molar-refractivity contribution in [3.63, 3.8) is 0 Å². The number of Topliss-reactive ketones (excluding diaryl/α,β-unsaturated/α-hetero) is 3. The largest absolute Gasteiger partial charge is 0.480 e. The van der Waals surface area contributed by atoms with Crippen LogP contribution in [0.3, 0.4) is 0 Å². The molecule has 1 aliphatic rings. The summed E-state index contributed by atoms with van der Waals surface area (Å²) in [6.07, 6.45) is 0.770. The lowest BCUT2D eigenvalue weighted by Crippen LogP contribution is -2.35. The molecule has 1 aromatic carbocycles. The van der Waals surface area contributed by atoms with Gasteiger partial charge in [0, 0.05) is 25.2 Å². The highest BCUT2D eigenvalue weighted by atomic mass is 32.2. The fourth-order valence-electron chi connectivity index (χ4n) is 2.76. The Morgan fingerprint density at radius 2 is 1.70 bits per heavy atom. The van der Waals surface area contributed by atoms with Gasteiger partial charge in [-0.2, -0.15) is 0 Å². The van der Waals surface area contributed by atoms with Gasteiger partial charge in [0.05, 0.1) is 28.2 Å². The fraction of sp³-hybridized carbons (Fsp3) is 0.500. The van der Waals surface area contributed by atoms with Gasteiger partial charge in [-0.15, -0.1) is 0 Å². The number of carboxylic acid groups (broad SMARTS) is 1. The fourth-order valence-corrected chi connectivity index (χ4v) is 3.81. The molecule has 0 atom stereocenters. The maximum atomic E-state index is 12.4. The zero-order chi connectivity index (χ0) is 29.1. The number of carbonyl (C=O) groups excluding carboxylic acids is 3. The van der Waals surface area contributed by atoms with Crippen LogP contribution in [-0.4, -0.2) is 76.7 Å². The van der Waals surface area contributed by atoms with Crippen LogP contribution in [0.25, 0.3) is 0 Å². The molecule has 0 aromatic heterocycles. The minimum atomic E-state index is -4.10. The average Bonchev–Trinajstić information content (AvgIpc) is 2.71. The maximum Gasteiger partial charge on any atom is 0.339 e. The molecule has 0 radical (unpaired) electrons. The van der Waals surface area contributed by atoms with Crippen LogP contribution in [0.4, 0.5) is 5.69 Å². The molecule has 0 unspecified atom stereocenters. The first kappa shape index (κ1) is 34.1. The molecule has 208 valence electrons. The summed E-state index contributed by atoms with van der Waals surface area (Å²) in [7, 11) is -7.79. The topological polar surface area (TPSA) is 261 Å². The zero-order valence-corrected chi connectivity index (χ0v) is 22.0. The third-order valence-electron chi connectivity index (χ3n) is 4.21. The lowest BCUT2D eigenvalue weighted by Gasteiger charge is -2.18. The van der Waals surface area contributed by atoms with Gasteiger partial charge >= 0.3 is 13.6 Å². The van der Waals surface area contributed by atoms with E-state index in [4.69, 9.17) is 20.6 Å². The molecule has 6 N–H and O–H groups in total. The third kappa shape index (κ3) is 13.3. The highest BCUT2D eigenvalue weighted by molar-refractivity contribution is 7.90. The van der Waals surface area contributed by atoms with Gasteiger partial charge in [0.2, 0.25) is 0 Å². The lowest BCUT2D eigenvalue weighted by molar-refractivity contribution is -0.385. The lowest BCUT2D eigenvalue weighted by atomic mass is 9.81. The quantitative estimate of drug-likeness (QED) is 0.0928. The SMILES string of the molecule is CC(C)N.CS(=O)(=O)c1ccc(C(=O)C2C(=O)CCCC2=O)c([N+](=O)[O-])c1.O=C(O)CNCP(=O)(O)O. The number of hydrogen-bond acceptors (Lipinski definition) is 11. The average molecular weight is 568 g/mol. The van der Waals surface area contributed by atoms with Crippen LogP contribution in [-0.2, 0) is 28.8 Å². The summed E-state index contributed by atoms with van der Waals surface area (Å²) < 4.78 is 33.0. The smallest absolute Gasteiger partial charge is 0.339 e. The third-order valence-corrected chi connectivity index (χ3v) is 5.95. The summed E-state index contributed by atoms with van der Waals surface area (Å²) in [5.41, 5.74) is 3.94. The summed E-state index contributed by atoms with van der Waals surface area (Å²) >= 11 is 0. The predicted octanol–water partition coefficient (Wildman–Crippen LogP) is 0.269. The molecule has 37 heavy (non-hydrogen) atoms. The van der Waals surface area contributed by atoms with Crippen LogP contribution >= 0.6 is 7.60 Å². The van der Waals surface area contributed by atoms with Gasteiger partial charge in [-0.25, -0.2) is 8.42 Å². The van der Waals surface area contributed by atoms with Crippen molar-refractivity contribution in [2.24, 2.45) is 11.7 Å². The Labute approximate surface area is 212 Å². The highest BCUT2D eigenvalue weighted by Gasteiger charge is 2.39. The molecule has 0 saturated heterocycles. The number of hydrogen-bond donors (Lipinski definition) is 5. The van der Waals surface area contributed by atoms with Gasteiger partial charge in [-0.1, -0.05) is 13.8 Å². The highest BCUT2D eigenvalue weighted by Crippen LogP contribution is 2.31. The molecular formula is C20H30N3O12PS. The Hall–Kier alpha value is -2.88. The molecule has 1 fully saturated rings. The van der Waals surface area contributed by atoms with Crippen LogP contribution in [0.1, 0.15) is 43.5 Å². The zero-order valence-electron chi connectivity index (χ0n) is 20.3. The molecule has 0 bridgehead atoms. The van der Waals surface area contributed by atoms with E-state index >= 15 is 0 Å². The minimum Gasteiger partial charge on any atom is -0.480 e. The van der Waals surface area contributed by atoms with E-state index in [1.165, 1.54) is 0 Å². The first-order valence-corrected chi connectivity index (χ1v) is 14.3. The van der Waals surface area contributed by atoms with E-state index in [1.54, 1.807) is 0 Å². The molecule has 0 amide bonds. The molecule has 2 rings (SSSR count). The summed E-state index contributed by atoms with van der Waals surface area (Å²) in [5, 5.41) is 21.2. The van der Waals surface area contributed by atoms with Crippen molar-refractivity contribution in [3.8, 4) is 0 Å². The molecule has 15 nitrogen and oxygen atoms in total. The van der Waals surface area contributed by atoms with Crippen LogP contribution in [0.15, 0.2) is 23.1 Å². The monoisotopic (exact) mass is 567 g/mol. The van der Waals surface area contributed by atoms with E-state index in [0.717, 1.165) is 24.5 Å². The van der Waals surface area contributed by atoms with Crippen molar-refractivity contribution in [1.82, 2.24) is 5.32 Å². The standard InChI is InChI=1S/C14H13NO7S.C3H8NO5P.C3H9N/c1-23(21,22)8-5-6-9(10(7-8)15(19)20)14(18)13-11(16)3-2-4-12(13)17;5-3(6)1-4-2-10(7,8)9;1-3(2)4/h5-7,13H,2-4H2,1H3;4H,1-2H2,(H,5,6)(H2,7,8,9);3H,4H2,1-2H3. The van der Waals surface area contributed by atoms with Crippen LogP contribution in [0.2, 0.25) is 0 Å². The number of carbonyl (C=O) groups is 4. The number of carboxylic acids is 1. The van der Waals surface area contributed by atoms with E-state index in [0.29, 0.717) is 12.5 Å². The number of nitrogens with one attached hydrogen (secondary N) is 1. The van der Waals surface area contributed by atoms with E-state index in [9.17, 15) is 42.3 Å². The molecule has 17 heteroatoms. The molecule has 0 aliphatic heterocycles. The maximum absolute atomic E-state index is 12.4. The molecular weight excluding hydrogens is 537 g/mol. The predicted molar refractivity (Wildman–Crippen MR) is 130 cm³/mol. The number of benzene rings is 1.